The summed E-state index contributed by atoms with van der Waals surface area (Å²) >= 11 is 0. The van der Waals surface area contributed by atoms with E-state index in [-0.39, 0.29) is 17.4 Å². The summed E-state index contributed by atoms with van der Waals surface area (Å²) in [6, 6.07) is 0. The maximum atomic E-state index is 10.7. The van der Waals surface area contributed by atoms with Gasteiger partial charge in [-0.3, -0.25) is 0 Å². The van der Waals surface area contributed by atoms with Crippen molar-refractivity contribution in [2.24, 2.45) is 23.2 Å². The first-order valence-corrected chi connectivity index (χ1v) is 11.3. The Morgan fingerprint density at radius 2 is 1.81 bits per heavy atom. The molecule has 2 saturated carbocycles. The van der Waals surface area contributed by atoms with Gasteiger partial charge in [-0.15, -0.1) is 0 Å². The molecule has 0 radical (unpaired) electrons. The predicted molar refractivity (Wildman–Crippen MR) is 107 cm³/mol. The van der Waals surface area contributed by atoms with E-state index in [0.29, 0.717) is 25.0 Å². The van der Waals surface area contributed by atoms with Gasteiger partial charge in [0, 0.05) is 17.3 Å². The van der Waals surface area contributed by atoms with Crippen molar-refractivity contribution in [2.75, 3.05) is 13.2 Å². The van der Waals surface area contributed by atoms with E-state index in [9.17, 15) is 10.2 Å². The van der Waals surface area contributed by atoms with E-state index >= 15 is 0 Å². The number of hydrogen-bond acceptors (Lipinski definition) is 4. The summed E-state index contributed by atoms with van der Waals surface area (Å²) in [5.41, 5.74) is -0.0382. The highest BCUT2D eigenvalue weighted by molar-refractivity contribution is 5.20. The third-order valence-corrected chi connectivity index (χ3v) is 7.59. The molecule has 3 rings (SSSR count). The topological polar surface area (TPSA) is 58.9 Å². The molecule has 4 heteroatoms. The molecule has 0 bridgehead atoms. The lowest BCUT2D eigenvalue weighted by Gasteiger charge is -2.69. The van der Waals surface area contributed by atoms with Crippen molar-refractivity contribution < 1.29 is 19.7 Å². The minimum atomic E-state index is -0.448. The molecule has 3 fully saturated rings. The summed E-state index contributed by atoms with van der Waals surface area (Å²) in [5, 5.41) is 21.1. The number of fused-ring (bicyclic) bond motifs is 2. The molecular formula is C23H40O4. The molecule has 0 aromatic heterocycles. The zero-order chi connectivity index (χ0) is 19.5. The summed E-state index contributed by atoms with van der Waals surface area (Å²) in [5.74, 6) is 0.316. The molecule has 2 aliphatic carbocycles. The molecule has 2 N–H and O–H groups in total. The van der Waals surface area contributed by atoms with Crippen LogP contribution in [-0.2, 0) is 9.47 Å². The first-order chi connectivity index (χ1) is 13.0. The molecule has 1 aliphatic heterocycles. The van der Waals surface area contributed by atoms with Gasteiger partial charge in [-0.2, -0.15) is 0 Å². The summed E-state index contributed by atoms with van der Waals surface area (Å²) in [6.07, 6.45) is 12.9. The zero-order valence-electron chi connectivity index (χ0n) is 17.5. The fourth-order valence-corrected chi connectivity index (χ4v) is 6.21. The second-order valence-electron chi connectivity index (χ2n) is 9.16. The van der Waals surface area contributed by atoms with Gasteiger partial charge in [-0.05, 0) is 31.6 Å². The second-order valence-corrected chi connectivity index (χ2v) is 9.16. The van der Waals surface area contributed by atoms with Crippen LogP contribution < -0.4 is 0 Å². The van der Waals surface area contributed by atoms with Crippen LogP contribution in [0, 0.1) is 23.2 Å². The summed E-state index contributed by atoms with van der Waals surface area (Å²) in [4.78, 5) is 0. The number of aliphatic hydroxyl groups excluding tert-OH is 2. The van der Waals surface area contributed by atoms with Crippen LogP contribution >= 0.6 is 0 Å². The molecule has 1 saturated heterocycles. The predicted octanol–water partition coefficient (Wildman–Crippen LogP) is 4.44. The molecule has 0 amide bonds. The lowest BCUT2D eigenvalue weighted by molar-refractivity contribution is -0.385. The Balaban J connectivity index is 1.62. The Hall–Kier alpha value is -0.420. The molecule has 3 aliphatic rings. The summed E-state index contributed by atoms with van der Waals surface area (Å²) < 4.78 is 12.3. The SMILES string of the molecule is CCCCCCC[C@H](O)/C=C/[C@@H]1[C@@H](O)CC[C@]2(C)[C@H]1C(CC)C21OCCO1. The van der Waals surface area contributed by atoms with Crippen LogP contribution in [0.3, 0.4) is 0 Å². The van der Waals surface area contributed by atoms with E-state index in [4.69, 9.17) is 9.47 Å². The van der Waals surface area contributed by atoms with Gasteiger partial charge in [0.2, 0.25) is 0 Å². The van der Waals surface area contributed by atoms with Gasteiger partial charge in [-0.1, -0.05) is 65.0 Å². The first kappa shape index (κ1) is 21.3. The standard InChI is InChI=1S/C23H40O4/c1-4-6-7-8-9-10-17(24)11-12-18-20(25)13-14-22(3)21(18)19(5-2)23(22)26-15-16-27-23/h11-12,17-21,24-25H,4-10,13-16H2,1-3H3/b12-11+/t17-,18+,19?,20-,21+,22+/m0/s1. The van der Waals surface area contributed by atoms with E-state index < -0.39 is 11.9 Å². The van der Waals surface area contributed by atoms with Crippen molar-refractivity contribution in [2.45, 2.75) is 96.6 Å². The smallest absolute Gasteiger partial charge is 0.177 e. The van der Waals surface area contributed by atoms with Crippen LogP contribution in [0.25, 0.3) is 0 Å². The van der Waals surface area contributed by atoms with Gasteiger partial charge < -0.3 is 19.7 Å². The van der Waals surface area contributed by atoms with Crippen LogP contribution in [-0.4, -0.2) is 41.4 Å². The number of aliphatic hydroxyl groups is 2. The van der Waals surface area contributed by atoms with Crippen LogP contribution in [0.4, 0.5) is 0 Å². The number of unbranched alkanes of at least 4 members (excludes halogenated alkanes) is 4. The van der Waals surface area contributed by atoms with E-state index in [1.165, 1.54) is 25.7 Å². The number of rotatable bonds is 9. The minimum absolute atomic E-state index is 0.0382. The quantitative estimate of drug-likeness (QED) is 0.459. The van der Waals surface area contributed by atoms with Crippen molar-refractivity contribution in [3.8, 4) is 0 Å². The molecule has 156 valence electrons. The Labute approximate surface area is 165 Å². The number of ether oxygens (including phenoxy) is 2. The third-order valence-electron chi connectivity index (χ3n) is 7.59. The fourth-order valence-electron chi connectivity index (χ4n) is 6.21. The molecule has 27 heavy (non-hydrogen) atoms. The molecule has 1 heterocycles. The van der Waals surface area contributed by atoms with Gasteiger partial charge >= 0.3 is 0 Å². The normalized spacial score (nSPS) is 38.9. The van der Waals surface area contributed by atoms with Crippen LogP contribution in [0.1, 0.15) is 78.6 Å². The van der Waals surface area contributed by atoms with Crippen LogP contribution in [0.2, 0.25) is 0 Å². The second kappa shape index (κ2) is 8.94. The van der Waals surface area contributed by atoms with Gasteiger partial charge in [0.15, 0.2) is 5.79 Å². The average molecular weight is 381 g/mol. The molecule has 1 spiro atoms. The number of hydrogen-bond donors (Lipinski definition) is 2. The maximum absolute atomic E-state index is 10.7. The average Bonchev–Trinajstić information content (AvgIpc) is 3.17. The molecule has 6 atom stereocenters. The summed E-state index contributed by atoms with van der Waals surface area (Å²) in [6.45, 7) is 8.06. The molecule has 4 nitrogen and oxygen atoms in total. The summed E-state index contributed by atoms with van der Waals surface area (Å²) in [7, 11) is 0. The van der Waals surface area contributed by atoms with E-state index in [2.05, 4.69) is 26.8 Å². The van der Waals surface area contributed by atoms with Crippen molar-refractivity contribution >= 4 is 0 Å². The van der Waals surface area contributed by atoms with Crippen molar-refractivity contribution in [3.63, 3.8) is 0 Å². The maximum Gasteiger partial charge on any atom is 0.177 e. The highest BCUT2D eigenvalue weighted by atomic mass is 16.7. The minimum Gasteiger partial charge on any atom is -0.393 e. The van der Waals surface area contributed by atoms with Crippen LogP contribution in [0.15, 0.2) is 12.2 Å². The largest absolute Gasteiger partial charge is 0.393 e. The fraction of sp³-hybridized carbons (Fsp3) is 0.913. The van der Waals surface area contributed by atoms with Gasteiger partial charge in [-0.25, -0.2) is 0 Å². The Morgan fingerprint density at radius 3 is 2.48 bits per heavy atom. The third kappa shape index (κ3) is 3.75. The van der Waals surface area contributed by atoms with Crippen molar-refractivity contribution in [1.29, 1.82) is 0 Å². The molecule has 1 unspecified atom stereocenters. The first-order valence-electron chi connectivity index (χ1n) is 11.3. The molecule has 0 aromatic rings. The van der Waals surface area contributed by atoms with Gasteiger partial charge in [0.1, 0.15) is 0 Å². The van der Waals surface area contributed by atoms with E-state index in [1.807, 2.05) is 6.08 Å². The van der Waals surface area contributed by atoms with E-state index in [1.54, 1.807) is 0 Å². The highest BCUT2D eigenvalue weighted by Crippen LogP contribution is 2.70. The zero-order valence-corrected chi connectivity index (χ0v) is 17.5. The highest BCUT2D eigenvalue weighted by Gasteiger charge is 2.74. The monoisotopic (exact) mass is 380 g/mol. The Kier molecular flexibility index (Phi) is 7.05. The lowest BCUT2D eigenvalue weighted by Crippen LogP contribution is -2.73. The van der Waals surface area contributed by atoms with Crippen LogP contribution in [0.5, 0.6) is 0 Å². The lowest BCUT2D eigenvalue weighted by atomic mass is 9.41. The van der Waals surface area contributed by atoms with Gasteiger partial charge in [0.05, 0.1) is 25.4 Å². The molecule has 0 aromatic carbocycles. The van der Waals surface area contributed by atoms with Crippen molar-refractivity contribution in [1.82, 2.24) is 0 Å². The van der Waals surface area contributed by atoms with E-state index in [0.717, 1.165) is 32.1 Å². The van der Waals surface area contributed by atoms with Gasteiger partial charge in [0.25, 0.3) is 0 Å². The molecular weight excluding hydrogens is 340 g/mol. The Morgan fingerprint density at radius 1 is 1.11 bits per heavy atom. The van der Waals surface area contributed by atoms with Crippen molar-refractivity contribution in [3.05, 3.63) is 12.2 Å². The Bertz CT molecular complexity index is 499.